The van der Waals surface area contributed by atoms with E-state index in [9.17, 15) is 0 Å². The molecule has 0 aliphatic carbocycles. The van der Waals surface area contributed by atoms with Crippen LogP contribution in [0, 0.1) is 0 Å². The lowest BCUT2D eigenvalue weighted by Gasteiger charge is -2.14. The Morgan fingerprint density at radius 2 is 2.20 bits per heavy atom. The third-order valence-electron chi connectivity index (χ3n) is 2.18. The van der Waals surface area contributed by atoms with E-state index in [0.717, 1.165) is 24.2 Å². The zero-order valence-corrected chi connectivity index (χ0v) is 10.4. The van der Waals surface area contributed by atoms with Crippen molar-refractivity contribution >= 4 is 0 Å². The summed E-state index contributed by atoms with van der Waals surface area (Å²) in [5.41, 5.74) is 3.57. The molecule has 1 heteroatoms. The number of hydrogen-bond acceptors (Lipinski definition) is 1. The molecule has 0 unspecified atom stereocenters. The first-order chi connectivity index (χ1) is 7.27. The van der Waals surface area contributed by atoms with E-state index in [4.69, 9.17) is 0 Å². The number of allylic oxidation sites excluding steroid dienone is 4. The van der Waals surface area contributed by atoms with Gasteiger partial charge in [-0.05, 0) is 25.0 Å². The molecule has 0 amide bonds. The maximum absolute atomic E-state index is 3.97. The molecule has 1 aliphatic rings. The Morgan fingerprint density at radius 1 is 1.53 bits per heavy atom. The molecule has 84 valence electrons. The molecule has 0 bridgehead atoms. The second-order valence-corrected chi connectivity index (χ2v) is 3.08. The van der Waals surface area contributed by atoms with Crippen LogP contribution in [-0.4, -0.2) is 6.54 Å². The van der Waals surface area contributed by atoms with E-state index in [2.05, 4.69) is 50.0 Å². The molecular formula is C14H23N. The first-order valence-corrected chi connectivity index (χ1v) is 5.74. The molecule has 0 fully saturated rings. The van der Waals surface area contributed by atoms with E-state index >= 15 is 0 Å². The van der Waals surface area contributed by atoms with Crippen molar-refractivity contribution in [2.75, 3.05) is 6.54 Å². The Hall–Kier alpha value is -1.24. The minimum absolute atomic E-state index is 0.908. The molecule has 0 aromatic heterocycles. The molecule has 0 radical (unpaired) electrons. The van der Waals surface area contributed by atoms with Gasteiger partial charge in [0.15, 0.2) is 0 Å². The van der Waals surface area contributed by atoms with Crippen LogP contribution in [0.1, 0.15) is 34.1 Å². The van der Waals surface area contributed by atoms with Crippen LogP contribution in [0.15, 0.2) is 47.7 Å². The van der Waals surface area contributed by atoms with Crippen LogP contribution in [0.5, 0.6) is 0 Å². The summed E-state index contributed by atoms with van der Waals surface area (Å²) in [7, 11) is 0. The molecule has 0 atom stereocenters. The van der Waals surface area contributed by atoms with E-state index in [0.29, 0.717) is 0 Å². The van der Waals surface area contributed by atoms with Gasteiger partial charge in [0.25, 0.3) is 0 Å². The van der Waals surface area contributed by atoms with Crippen molar-refractivity contribution in [1.82, 2.24) is 5.32 Å². The van der Waals surface area contributed by atoms with Gasteiger partial charge in [-0.3, -0.25) is 0 Å². The number of hydrogen-bond donors (Lipinski definition) is 1. The van der Waals surface area contributed by atoms with Gasteiger partial charge >= 0.3 is 0 Å². The largest absolute Gasteiger partial charge is 0.381 e. The second kappa shape index (κ2) is 8.10. The third kappa shape index (κ3) is 4.68. The predicted octanol–water partition coefficient (Wildman–Crippen LogP) is 3.97. The highest BCUT2D eigenvalue weighted by Crippen LogP contribution is 2.14. The molecule has 1 rings (SSSR count). The van der Waals surface area contributed by atoms with Crippen molar-refractivity contribution in [1.29, 1.82) is 0 Å². The fraction of sp³-hybridized carbons (Fsp3) is 0.429. The lowest BCUT2D eigenvalue weighted by molar-refractivity contribution is 0.897. The van der Waals surface area contributed by atoms with Crippen LogP contribution in [0.2, 0.25) is 0 Å². The molecule has 0 saturated heterocycles. The first-order valence-electron chi connectivity index (χ1n) is 5.74. The zero-order valence-electron chi connectivity index (χ0n) is 10.4. The van der Waals surface area contributed by atoms with Gasteiger partial charge in [-0.15, -0.1) is 0 Å². The van der Waals surface area contributed by atoms with Crippen LogP contribution in [0.3, 0.4) is 0 Å². The fourth-order valence-electron chi connectivity index (χ4n) is 1.29. The Kier molecular flexibility index (Phi) is 7.43. The summed E-state index contributed by atoms with van der Waals surface area (Å²) >= 11 is 0. The van der Waals surface area contributed by atoms with E-state index in [1.54, 1.807) is 0 Å². The first kappa shape index (κ1) is 13.8. The number of nitrogens with one attached hydrogen (secondary N) is 1. The Balaban J connectivity index is 0.000000921. The average Bonchev–Trinajstić information content (AvgIpc) is 2.31. The Labute approximate surface area is 94.3 Å². The molecule has 1 nitrogen and oxygen atoms in total. The molecule has 0 saturated carbocycles. The standard InChI is InChI=1S/C12H17N.C2H6/c1-4-11(5-2)9-12-10(3)7-6-8-13-12;1-2/h4,6-7,9,13H,3,5,8H2,1-2H3;1-2H3/b11-4-,12-9+;. The van der Waals surface area contributed by atoms with E-state index in [1.165, 1.54) is 5.57 Å². The van der Waals surface area contributed by atoms with Crippen molar-refractivity contribution in [3.05, 3.63) is 47.7 Å². The van der Waals surface area contributed by atoms with Crippen molar-refractivity contribution in [3.8, 4) is 0 Å². The minimum atomic E-state index is 0.908. The van der Waals surface area contributed by atoms with Crippen LogP contribution in [-0.2, 0) is 0 Å². The quantitative estimate of drug-likeness (QED) is 0.719. The number of rotatable bonds is 2. The summed E-state index contributed by atoms with van der Waals surface area (Å²) in [4.78, 5) is 0. The predicted molar refractivity (Wildman–Crippen MR) is 69.8 cm³/mol. The van der Waals surface area contributed by atoms with Crippen LogP contribution < -0.4 is 5.32 Å². The second-order valence-electron chi connectivity index (χ2n) is 3.08. The van der Waals surface area contributed by atoms with Gasteiger partial charge in [-0.25, -0.2) is 0 Å². The van der Waals surface area contributed by atoms with Crippen molar-refractivity contribution in [2.24, 2.45) is 0 Å². The minimum Gasteiger partial charge on any atom is -0.381 e. The van der Waals surface area contributed by atoms with E-state index < -0.39 is 0 Å². The summed E-state index contributed by atoms with van der Waals surface area (Å²) in [6.45, 7) is 13.1. The van der Waals surface area contributed by atoms with Gasteiger partial charge in [0.2, 0.25) is 0 Å². The molecule has 0 aromatic carbocycles. The maximum Gasteiger partial charge on any atom is 0.0412 e. The lowest BCUT2D eigenvalue weighted by Crippen LogP contribution is -2.17. The highest BCUT2D eigenvalue weighted by atomic mass is 14.9. The fourth-order valence-corrected chi connectivity index (χ4v) is 1.29. The molecule has 1 N–H and O–H groups in total. The molecule has 1 aliphatic heterocycles. The van der Waals surface area contributed by atoms with Gasteiger partial charge < -0.3 is 5.32 Å². The Bertz CT molecular complexity index is 280. The summed E-state index contributed by atoms with van der Waals surface area (Å²) in [6.07, 6.45) is 9.52. The molecule has 0 spiro atoms. The molecule has 0 aromatic rings. The SMILES string of the molecule is C=C1C=CCN/C1=C/C(=C\C)CC.CC. The van der Waals surface area contributed by atoms with Gasteiger partial charge in [0.05, 0.1) is 0 Å². The van der Waals surface area contributed by atoms with Gasteiger partial charge in [0, 0.05) is 12.2 Å². The highest BCUT2D eigenvalue weighted by molar-refractivity contribution is 5.42. The highest BCUT2D eigenvalue weighted by Gasteiger charge is 2.02. The van der Waals surface area contributed by atoms with Crippen LogP contribution in [0.25, 0.3) is 0 Å². The van der Waals surface area contributed by atoms with Crippen LogP contribution >= 0.6 is 0 Å². The summed E-state index contributed by atoms with van der Waals surface area (Å²) in [6, 6.07) is 0. The molecule has 15 heavy (non-hydrogen) atoms. The summed E-state index contributed by atoms with van der Waals surface area (Å²) in [5.74, 6) is 0. The summed E-state index contributed by atoms with van der Waals surface area (Å²) in [5, 5.41) is 3.30. The topological polar surface area (TPSA) is 12.0 Å². The van der Waals surface area contributed by atoms with Crippen molar-refractivity contribution < 1.29 is 0 Å². The monoisotopic (exact) mass is 205 g/mol. The maximum atomic E-state index is 3.97. The van der Waals surface area contributed by atoms with Gasteiger partial charge in [-0.1, -0.05) is 51.2 Å². The average molecular weight is 205 g/mol. The lowest BCUT2D eigenvalue weighted by atomic mass is 10.1. The smallest absolute Gasteiger partial charge is 0.0412 e. The zero-order chi connectivity index (χ0) is 11.7. The van der Waals surface area contributed by atoms with Crippen LogP contribution in [0.4, 0.5) is 0 Å². The van der Waals surface area contributed by atoms with E-state index in [1.807, 2.05) is 13.8 Å². The normalized spacial score (nSPS) is 18.3. The summed E-state index contributed by atoms with van der Waals surface area (Å²) < 4.78 is 0. The van der Waals surface area contributed by atoms with E-state index in [-0.39, 0.29) is 0 Å². The molecule has 1 heterocycles. The van der Waals surface area contributed by atoms with Gasteiger partial charge in [-0.2, -0.15) is 0 Å². The third-order valence-corrected chi connectivity index (χ3v) is 2.18. The van der Waals surface area contributed by atoms with Crippen molar-refractivity contribution in [2.45, 2.75) is 34.1 Å². The van der Waals surface area contributed by atoms with Gasteiger partial charge in [0.1, 0.15) is 0 Å². The molecular weight excluding hydrogens is 182 g/mol. The van der Waals surface area contributed by atoms with Crippen molar-refractivity contribution in [3.63, 3.8) is 0 Å². The Morgan fingerprint density at radius 3 is 2.67 bits per heavy atom.